The average molecular weight is 2130 g/mol. The highest BCUT2D eigenvalue weighted by Gasteiger charge is 2.41. The summed E-state index contributed by atoms with van der Waals surface area (Å²) in [7, 11) is -26.3. The molecule has 0 saturated heterocycles. The number of nitrogens with one attached hydrogen (secondary N) is 7. The highest BCUT2D eigenvalue weighted by Crippen LogP contribution is 2.40. The molecule has 40 heteroatoms. The van der Waals surface area contributed by atoms with Crippen molar-refractivity contribution in [2.24, 2.45) is 0 Å². The first-order valence-electron chi connectivity index (χ1n) is 43.1. The first-order valence-corrected chi connectivity index (χ1v) is 55.4. The van der Waals surface area contributed by atoms with E-state index in [9.17, 15) is 90.4 Å². The molecule has 7 aromatic rings. The zero-order valence-electron chi connectivity index (χ0n) is 83.4. The number of aliphatic hydroxyl groups is 1. The highest BCUT2D eigenvalue weighted by atomic mass is 35.5. The van der Waals surface area contributed by atoms with E-state index < -0.39 is 133 Å². The Labute approximate surface area is 822 Å². The second-order valence-corrected chi connectivity index (χ2v) is 53.8. The Morgan fingerprint density at radius 3 is 0.873 bits per heavy atom. The van der Waals surface area contributed by atoms with Crippen LogP contribution >= 0.6 is 58.0 Å². The van der Waals surface area contributed by atoms with Crippen molar-refractivity contribution in [1.29, 1.82) is 0 Å². The van der Waals surface area contributed by atoms with E-state index in [-0.39, 0.29) is 70.8 Å². The summed E-state index contributed by atoms with van der Waals surface area (Å²) in [6, 6.07) is 26.7. The molecule has 22 nitrogen and oxygen atoms in total. The molecule has 7 aromatic carbocycles. The second kappa shape index (κ2) is 49.5. The van der Waals surface area contributed by atoms with Crippen LogP contribution in [-0.2, 0) is 76.3 Å². The minimum atomic E-state index is -4.73. The molecule has 0 aromatic heterocycles. The minimum absolute atomic E-state index is 0.0125. The van der Waals surface area contributed by atoms with Gasteiger partial charge in [-0.25, -0.2) is 87.3 Å². The monoisotopic (exact) mass is 2120 g/mol. The van der Waals surface area contributed by atoms with Gasteiger partial charge in [-0.1, -0.05) is 191 Å². The van der Waals surface area contributed by atoms with Crippen LogP contribution in [0.2, 0.25) is 25.1 Å². The van der Waals surface area contributed by atoms with E-state index in [0.29, 0.717) is 42.3 Å². The maximum atomic E-state index is 13.2. The van der Waals surface area contributed by atoms with E-state index >= 15 is 0 Å². The molecule has 0 aliphatic carbocycles. The van der Waals surface area contributed by atoms with Crippen LogP contribution in [0.3, 0.4) is 0 Å². The van der Waals surface area contributed by atoms with Gasteiger partial charge in [-0.05, 0) is 316 Å². The van der Waals surface area contributed by atoms with E-state index in [2.05, 4.69) is 56.0 Å². The smallest absolute Gasteiger partial charge is 0.389 e. The predicted molar refractivity (Wildman–Crippen MR) is 536 cm³/mol. The lowest BCUT2D eigenvalue weighted by Crippen LogP contribution is -2.42. The molecule has 0 saturated carbocycles. The number of aryl methyl sites for hydroxylation is 2. The van der Waals surface area contributed by atoms with Gasteiger partial charge in [0.15, 0.2) is 0 Å². The third-order valence-corrected chi connectivity index (χ3v) is 32.3. The molecule has 1 unspecified atom stereocenters. The van der Waals surface area contributed by atoms with Gasteiger partial charge in [0.2, 0.25) is 70.2 Å². The molecule has 134 heavy (non-hydrogen) atoms. The minimum Gasteiger partial charge on any atom is -0.389 e. The van der Waals surface area contributed by atoms with Crippen LogP contribution in [0.15, 0.2) is 150 Å². The third-order valence-electron chi connectivity index (χ3n) is 18.3. The fourth-order valence-electron chi connectivity index (χ4n) is 12.5. The number of sulfonamides is 7. The molecule has 0 radical (unpaired) electrons. The molecular formula is C94H142Cl5F6N7O15S7. The van der Waals surface area contributed by atoms with Gasteiger partial charge in [0.1, 0.15) is 10.9 Å². The van der Waals surface area contributed by atoms with Gasteiger partial charge in [0, 0.05) is 54.4 Å². The van der Waals surface area contributed by atoms with E-state index in [1.165, 1.54) is 54.4 Å². The summed E-state index contributed by atoms with van der Waals surface area (Å²) in [6.07, 6.45) is -10.3. The van der Waals surface area contributed by atoms with Crippen molar-refractivity contribution in [1.82, 2.24) is 33.1 Å². The largest absolute Gasteiger partial charge is 0.417 e. The summed E-state index contributed by atoms with van der Waals surface area (Å²) in [5.74, 6) is 1.35. The van der Waals surface area contributed by atoms with Crippen molar-refractivity contribution >= 4 is 128 Å². The lowest BCUT2D eigenvalue weighted by Gasteiger charge is -2.24. The lowest BCUT2D eigenvalue weighted by molar-refractivity contribution is -0.147. The van der Waals surface area contributed by atoms with Crippen LogP contribution in [0.1, 0.15) is 337 Å². The van der Waals surface area contributed by atoms with Crippen molar-refractivity contribution in [2.75, 3.05) is 0 Å². The quantitative estimate of drug-likeness (QED) is 0.0261. The van der Waals surface area contributed by atoms with Crippen molar-refractivity contribution < 1.29 is 90.4 Å². The van der Waals surface area contributed by atoms with Crippen molar-refractivity contribution in [3.63, 3.8) is 0 Å². The standard InChI is InChI=1S/C15H24ClNO3S.C14H20F3NO2S.C14H23NO2S.C13H19Cl2NO2S.C13H20ClNO2S.C13H21NO2S.C12H15ClF3NO2S/c1-9(2)11-7-8-12(13(10(3)18)14(11)16)21(19,20)17-15(4,5)6;1-9(2)10-6-7-12(11(8-10)14(15,16)17)21(19,20)18-13(3,4)5;1-10(2)13-8-7-12(9-11(13)3)18(16,17)15-14(4,5)6;1-8(2)9-6-11(15)12(7-10(9)14)19(17,18)16-13(3,4)5;1-9(2)11-7-6-10(8-12(11)14)18(16,17)15-13(3,4)5;1-9(2)13-7-6-12(8-11(13)5)17(15,16)14-10(3)4;1-7(2)10-5-4-9(6-11(10)13)20(18,19)17-8(3)12(14,15)16/h7-10,17-18H,1-6H3;6-9,18H,1-5H3;7-10,15H,1-6H3;6-8,16H,1-5H3;6-9,15H,1-5H3;6-10,14H,1-5H3;4-8,17H,1-3H3/t;;;;;;8-/m......0/s1. The predicted octanol–water partition coefficient (Wildman–Crippen LogP) is 24.9. The molecule has 2 atom stereocenters. The topological polar surface area (TPSA) is 343 Å². The third kappa shape index (κ3) is 42.0. The van der Waals surface area contributed by atoms with Gasteiger partial charge >= 0.3 is 12.4 Å². The summed E-state index contributed by atoms with van der Waals surface area (Å²) in [4.78, 5) is -0.114. The Bertz CT molecular complexity index is 5890. The van der Waals surface area contributed by atoms with Crippen molar-refractivity contribution in [2.45, 2.75) is 376 Å². The molecule has 0 heterocycles. The number of halogens is 11. The van der Waals surface area contributed by atoms with Crippen LogP contribution in [0, 0.1) is 13.8 Å². The SMILES string of the molecule is CC(C)c1cc(Cl)c(S(=O)(=O)NC(C)(C)C)cc1Cl.CC(C)c1ccc(S(=O)(=O)NC(C)(C)C)c(C(C)O)c1Cl.CC(C)c1ccc(S(=O)(=O)NC(C)(C)C)c(C(F)(F)F)c1.CC(C)c1ccc(S(=O)(=O)NC(C)(C)C)cc1Cl.CC(C)c1ccc(S(=O)(=O)N[C@@H](C)C(F)(F)F)cc1Cl.Cc1cc(S(=O)(=O)NC(C)(C)C)ccc1C(C)C.Cc1cc(S(=O)(=O)NC(C)C)ccc1C(C)C. The van der Waals surface area contributed by atoms with Gasteiger partial charge in [0.05, 0.1) is 51.1 Å². The Hall–Kier alpha value is -5.10. The number of aliphatic hydroxyl groups excluding tert-OH is 1. The normalized spacial score (nSPS) is 13.5. The summed E-state index contributed by atoms with van der Waals surface area (Å²) in [5, 5.41) is 11.6. The van der Waals surface area contributed by atoms with Gasteiger partial charge < -0.3 is 5.11 Å². The number of hydrogen-bond donors (Lipinski definition) is 8. The molecule has 762 valence electrons. The van der Waals surface area contributed by atoms with Gasteiger partial charge in [-0.3, -0.25) is 0 Å². The second-order valence-electron chi connectivity index (χ2n) is 40.0. The molecule has 8 N–H and O–H groups in total. The molecular weight excluding hydrogens is 1980 g/mol. The highest BCUT2D eigenvalue weighted by molar-refractivity contribution is 7.91. The molecule has 0 aliphatic rings. The van der Waals surface area contributed by atoms with Crippen molar-refractivity contribution in [3.05, 3.63) is 202 Å². The summed E-state index contributed by atoms with van der Waals surface area (Å²) < 4.78 is 264. The Kier molecular flexibility index (Phi) is 46.9. The van der Waals surface area contributed by atoms with Crippen LogP contribution in [0.5, 0.6) is 0 Å². The van der Waals surface area contributed by atoms with Crippen molar-refractivity contribution in [3.8, 4) is 0 Å². The molecule has 7 rings (SSSR count). The maximum absolute atomic E-state index is 13.2. The number of hydrogen-bond acceptors (Lipinski definition) is 15. The van der Waals surface area contributed by atoms with E-state index in [1.807, 2.05) is 116 Å². The molecule has 0 fully saturated rings. The maximum Gasteiger partial charge on any atom is 0.417 e. The average Bonchev–Trinajstić information content (AvgIpc) is 0.771. The fourth-order valence-corrected chi connectivity index (χ4v) is 25.3. The number of alkyl halides is 6. The number of rotatable bonds is 24. The zero-order valence-corrected chi connectivity index (χ0v) is 92.9. The number of benzene rings is 7. The summed E-state index contributed by atoms with van der Waals surface area (Å²) in [6.45, 7) is 63.5. The lowest BCUT2D eigenvalue weighted by atomic mass is 9.98. The molecule has 0 bridgehead atoms. The van der Waals surface area contributed by atoms with E-state index in [0.717, 1.165) is 58.5 Å². The van der Waals surface area contributed by atoms with Crippen LogP contribution in [0.4, 0.5) is 26.3 Å². The summed E-state index contributed by atoms with van der Waals surface area (Å²) in [5.41, 5.74) is 4.27. The van der Waals surface area contributed by atoms with Crippen LogP contribution < -0.4 is 33.1 Å². The Morgan fingerprint density at radius 1 is 0.291 bits per heavy atom. The Balaban J connectivity index is 0.000000783. The first kappa shape index (κ1) is 127. The molecule has 0 amide bonds. The fraction of sp³-hybridized carbons (Fsp3) is 0.553. The molecule has 0 spiro atoms. The first-order chi connectivity index (χ1) is 59.8. The van der Waals surface area contributed by atoms with E-state index in [4.69, 9.17) is 58.0 Å². The van der Waals surface area contributed by atoms with E-state index in [1.54, 1.807) is 150 Å². The zero-order chi connectivity index (χ0) is 105. The van der Waals surface area contributed by atoms with Crippen LogP contribution in [0.25, 0.3) is 0 Å². The van der Waals surface area contributed by atoms with Gasteiger partial charge in [0.25, 0.3) is 0 Å². The van der Waals surface area contributed by atoms with Gasteiger partial charge in [-0.15, -0.1) is 0 Å². The Morgan fingerprint density at radius 2 is 0.575 bits per heavy atom. The van der Waals surface area contributed by atoms with Gasteiger partial charge in [-0.2, -0.15) is 31.1 Å². The summed E-state index contributed by atoms with van der Waals surface area (Å²) >= 11 is 30.6. The van der Waals surface area contributed by atoms with Crippen LogP contribution in [-0.4, -0.2) is 110 Å². The molecule has 0 aliphatic heterocycles.